The molecule has 3 heterocycles. The lowest BCUT2D eigenvalue weighted by Crippen LogP contribution is -2.33. The van der Waals surface area contributed by atoms with Crippen LogP contribution in [0.15, 0.2) is 6.33 Å². The summed E-state index contributed by atoms with van der Waals surface area (Å²) in [5.41, 5.74) is 0.779. The van der Waals surface area contributed by atoms with Gasteiger partial charge in [0.05, 0.1) is 12.2 Å². The maximum Gasteiger partial charge on any atom is 0.312 e. The smallest absolute Gasteiger partial charge is 0.312 e. The third-order valence-electron chi connectivity index (χ3n) is 4.15. The minimum Gasteiger partial charge on any atom is -0.481 e. The maximum absolute atomic E-state index is 11.4. The quantitative estimate of drug-likeness (QED) is 0.899. The van der Waals surface area contributed by atoms with Gasteiger partial charge in [-0.2, -0.15) is 0 Å². The molecular weight excluding hydrogens is 290 g/mol. The van der Waals surface area contributed by atoms with Crippen LogP contribution in [0.5, 0.6) is 0 Å². The van der Waals surface area contributed by atoms with Crippen LogP contribution < -0.4 is 4.90 Å². The van der Waals surface area contributed by atoms with E-state index in [1.54, 1.807) is 17.7 Å². The molecule has 0 saturated carbocycles. The fourth-order valence-electron chi connectivity index (χ4n) is 3.01. The van der Waals surface area contributed by atoms with Gasteiger partial charge in [0.25, 0.3) is 0 Å². The third-order valence-corrected chi connectivity index (χ3v) is 5.34. The highest BCUT2D eigenvalue weighted by molar-refractivity contribution is 7.15. The highest BCUT2D eigenvalue weighted by Crippen LogP contribution is 2.38. The van der Waals surface area contributed by atoms with Gasteiger partial charge in [-0.3, -0.25) is 4.79 Å². The van der Waals surface area contributed by atoms with Crippen LogP contribution in [-0.2, 0) is 24.3 Å². The van der Waals surface area contributed by atoms with E-state index in [1.165, 1.54) is 0 Å². The van der Waals surface area contributed by atoms with Crippen LogP contribution in [-0.4, -0.2) is 37.4 Å². The lowest BCUT2D eigenvalue weighted by molar-refractivity contribution is -0.139. The molecule has 0 fully saturated rings. The SMILES string of the molecule is O=C(O)C1CCCc2sc(N3CCn4cnnc4C3)nc21. The summed E-state index contributed by atoms with van der Waals surface area (Å²) in [4.78, 5) is 19.3. The van der Waals surface area contributed by atoms with Crippen LogP contribution >= 0.6 is 11.3 Å². The average Bonchev–Trinajstić information content (AvgIpc) is 3.11. The van der Waals surface area contributed by atoms with Gasteiger partial charge in [-0.05, 0) is 19.3 Å². The standard InChI is InChI=1S/C13H15N5O2S/c19-12(20)8-2-1-3-9-11(8)15-13(21-9)17-4-5-18-7-14-16-10(18)6-17/h7-8H,1-6H2,(H,19,20). The molecule has 21 heavy (non-hydrogen) atoms. The minimum atomic E-state index is -0.758. The van der Waals surface area contributed by atoms with Crippen molar-refractivity contribution >= 4 is 22.4 Å². The minimum absolute atomic E-state index is 0.438. The van der Waals surface area contributed by atoms with E-state index < -0.39 is 11.9 Å². The first-order chi connectivity index (χ1) is 10.2. The van der Waals surface area contributed by atoms with Crippen molar-refractivity contribution in [3.05, 3.63) is 22.7 Å². The largest absolute Gasteiger partial charge is 0.481 e. The first-order valence-corrected chi connectivity index (χ1v) is 7.88. The van der Waals surface area contributed by atoms with Crippen molar-refractivity contribution in [3.8, 4) is 0 Å². The molecule has 1 unspecified atom stereocenters. The molecule has 2 aromatic rings. The van der Waals surface area contributed by atoms with Crippen LogP contribution in [0.25, 0.3) is 0 Å². The molecule has 0 aromatic carbocycles. The van der Waals surface area contributed by atoms with Crippen molar-refractivity contribution in [1.82, 2.24) is 19.7 Å². The molecule has 1 aliphatic carbocycles. The maximum atomic E-state index is 11.4. The number of thiazole rings is 1. The number of fused-ring (bicyclic) bond motifs is 2. The van der Waals surface area contributed by atoms with Gasteiger partial charge >= 0.3 is 5.97 Å². The number of aromatic nitrogens is 4. The van der Waals surface area contributed by atoms with Crippen LogP contribution in [0.1, 0.15) is 35.2 Å². The first kappa shape index (κ1) is 12.8. The van der Waals surface area contributed by atoms with E-state index in [1.807, 2.05) is 4.57 Å². The second-order valence-electron chi connectivity index (χ2n) is 5.45. The summed E-state index contributed by atoms with van der Waals surface area (Å²) >= 11 is 1.63. The fraction of sp³-hybridized carbons (Fsp3) is 0.538. The van der Waals surface area contributed by atoms with Crippen molar-refractivity contribution in [1.29, 1.82) is 0 Å². The molecule has 8 heteroatoms. The number of hydrogen-bond donors (Lipinski definition) is 1. The molecule has 4 rings (SSSR count). The molecule has 0 saturated heterocycles. The van der Waals surface area contributed by atoms with E-state index >= 15 is 0 Å². The van der Waals surface area contributed by atoms with Gasteiger partial charge in [-0.15, -0.1) is 21.5 Å². The highest BCUT2D eigenvalue weighted by Gasteiger charge is 2.31. The van der Waals surface area contributed by atoms with Crippen LogP contribution in [0, 0.1) is 0 Å². The second kappa shape index (κ2) is 4.80. The molecule has 110 valence electrons. The van der Waals surface area contributed by atoms with E-state index in [0.29, 0.717) is 13.0 Å². The number of aliphatic carboxylic acids is 1. The van der Waals surface area contributed by atoms with Crippen molar-refractivity contribution in [2.75, 3.05) is 11.4 Å². The number of carbonyl (C=O) groups is 1. The summed E-state index contributed by atoms with van der Waals surface area (Å²) in [5.74, 6) is -0.261. The van der Waals surface area contributed by atoms with Gasteiger partial charge in [-0.1, -0.05) is 0 Å². The Morgan fingerprint density at radius 3 is 3.19 bits per heavy atom. The Kier molecular flexibility index (Phi) is 2.91. The van der Waals surface area contributed by atoms with E-state index in [-0.39, 0.29) is 0 Å². The third kappa shape index (κ3) is 2.10. The summed E-state index contributed by atoms with van der Waals surface area (Å²) < 4.78 is 2.05. The number of hydrogen-bond acceptors (Lipinski definition) is 6. The van der Waals surface area contributed by atoms with Gasteiger partial charge in [0.15, 0.2) is 11.0 Å². The Bertz CT molecular complexity index is 695. The lowest BCUT2D eigenvalue weighted by atomic mass is 9.91. The van der Waals surface area contributed by atoms with E-state index in [9.17, 15) is 9.90 Å². The summed E-state index contributed by atoms with van der Waals surface area (Å²) in [6.07, 6.45) is 4.32. The Balaban J connectivity index is 1.64. The number of carboxylic acids is 1. The predicted molar refractivity (Wildman–Crippen MR) is 76.5 cm³/mol. The zero-order valence-corrected chi connectivity index (χ0v) is 12.2. The number of rotatable bonds is 2. The van der Waals surface area contributed by atoms with Gasteiger partial charge in [0.1, 0.15) is 12.2 Å². The number of nitrogens with zero attached hydrogens (tertiary/aromatic N) is 5. The molecule has 1 N–H and O–H groups in total. The molecule has 0 amide bonds. The molecule has 1 atom stereocenters. The molecule has 0 bridgehead atoms. The van der Waals surface area contributed by atoms with Gasteiger partial charge in [-0.25, -0.2) is 4.98 Å². The van der Waals surface area contributed by atoms with Crippen molar-refractivity contribution in [3.63, 3.8) is 0 Å². The summed E-state index contributed by atoms with van der Waals surface area (Å²) in [6, 6.07) is 0. The predicted octanol–water partition coefficient (Wildman–Crippen LogP) is 1.26. The Labute approximate surface area is 125 Å². The summed E-state index contributed by atoms with van der Waals surface area (Å²) in [6.45, 7) is 2.38. The summed E-state index contributed by atoms with van der Waals surface area (Å²) in [7, 11) is 0. The van der Waals surface area contributed by atoms with E-state index in [2.05, 4.69) is 20.1 Å². The first-order valence-electron chi connectivity index (χ1n) is 7.06. The van der Waals surface area contributed by atoms with Crippen molar-refractivity contribution in [2.45, 2.75) is 38.3 Å². The molecule has 7 nitrogen and oxygen atoms in total. The van der Waals surface area contributed by atoms with Gasteiger partial charge in [0, 0.05) is 18.0 Å². The molecule has 2 aromatic heterocycles. The Morgan fingerprint density at radius 2 is 2.33 bits per heavy atom. The fourth-order valence-corrected chi connectivity index (χ4v) is 4.20. The van der Waals surface area contributed by atoms with E-state index in [4.69, 9.17) is 0 Å². The Morgan fingerprint density at radius 1 is 1.43 bits per heavy atom. The molecule has 0 spiro atoms. The lowest BCUT2D eigenvalue weighted by Gasteiger charge is -2.26. The number of aryl methyl sites for hydroxylation is 1. The normalized spacial score (nSPS) is 21.0. The molecule has 0 radical (unpaired) electrons. The van der Waals surface area contributed by atoms with E-state index in [0.717, 1.165) is 47.5 Å². The summed E-state index contributed by atoms with van der Waals surface area (Å²) in [5, 5.41) is 18.3. The van der Waals surface area contributed by atoms with Gasteiger partial charge in [0.2, 0.25) is 0 Å². The number of carboxylic acid groups (broad SMARTS) is 1. The highest BCUT2D eigenvalue weighted by atomic mass is 32.1. The second-order valence-corrected chi connectivity index (χ2v) is 6.51. The van der Waals surface area contributed by atoms with Gasteiger partial charge < -0.3 is 14.6 Å². The van der Waals surface area contributed by atoms with Crippen LogP contribution in [0.4, 0.5) is 5.13 Å². The monoisotopic (exact) mass is 305 g/mol. The molecular formula is C13H15N5O2S. The van der Waals surface area contributed by atoms with Crippen molar-refractivity contribution < 1.29 is 9.90 Å². The average molecular weight is 305 g/mol. The zero-order valence-electron chi connectivity index (χ0n) is 11.4. The van der Waals surface area contributed by atoms with Crippen LogP contribution in [0.2, 0.25) is 0 Å². The van der Waals surface area contributed by atoms with Crippen molar-refractivity contribution in [2.24, 2.45) is 0 Å². The molecule has 1 aliphatic heterocycles. The number of anilines is 1. The zero-order chi connectivity index (χ0) is 14.4. The molecule has 2 aliphatic rings. The Hall–Kier alpha value is -1.96. The topological polar surface area (TPSA) is 84.1 Å². The van der Waals surface area contributed by atoms with Crippen LogP contribution in [0.3, 0.4) is 0 Å².